The van der Waals surface area contributed by atoms with Crippen molar-refractivity contribution >= 4 is 6.09 Å². The molecular formula is C17H31N3O2. The molecular weight excluding hydrogens is 278 g/mol. The first kappa shape index (κ1) is 18.6. The maximum atomic E-state index is 11.7. The molecule has 0 aliphatic carbocycles. The Balaban J connectivity index is 2.43. The Morgan fingerprint density at radius 2 is 1.95 bits per heavy atom. The fourth-order valence-electron chi connectivity index (χ4n) is 2.07. The first-order chi connectivity index (χ1) is 10.1. The van der Waals surface area contributed by atoms with Gasteiger partial charge in [0.25, 0.3) is 0 Å². The fourth-order valence-corrected chi connectivity index (χ4v) is 2.07. The van der Waals surface area contributed by atoms with Gasteiger partial charge >= 0.3 is 6.09 Å². The third-order valence-electron chi connectivity index (χ3n) is 3.21. The molecule has 1 heterocycles. The summed E-state index contributed by atoms with van der Waals surface area (Å²) in [4.78, 5) is 11.7. The number of ether oxygens (including phenoxy) is 1. The average Bonchev–Trinajstić information content (AvgIpc) is 2.80. The molecule has 0 aliphatic rings. The molecule has 0 aliphatic heterocycles. The first-order valence-electron chi connectivity index (χ1n) is 7.99. The summed E-state index contributed by atoms with van der Waals surface area (Å²) in [6.07, 6.45) is 2.84. The molecule has 0 fully saturated rings. The van der Waals surface area contributed by atoms with Crippen molar-refractivity contribution in [3.63, 3.8) is 0 Å². The van der Waals surface area contributed by atoms with Crippen molar-refractivity contribution in [2.45, 2.75) is 72.2 Å². The zero-order valence-corrected chi connectivity index (χ0v) is 14.8. The molecule has 1 aromatic rings. The quantitative estimate of drug-likeness (QED) is 0.812. The lowest BCUT2D eigenvalue weighted by molar-refractivity contribution is 0.0513. The van der Waals surface area contributed by atoms with E-state index in [0.717, 1.165) is 19.5 Å². The van der Waals surface area contributed by atoms with E-state index in [9.17, 15) is 4.79 Å². The second-order valence-electron chi connectivity index (χ2n) is 7.29. The second-order valence-corrected chi connectivity index (χ2v) is 7.29. The highest BCUT2D eigenvalue weighted by atomic mass is 16.6. The molecule has 1 rings (SSSR count). The van der Waals surface area contributed by atoms with Gasteiger partial charge in [0.1, 0.15) is 5.60 Å². The normalized spacial score (nSPS) is 12.3. The molecule has 22 heavy (non-hydrogen) atoms. The molecule has 1 amide bonds. The van der Waals surface area contributed by atoms with E-state index in [1.54, 1.807) is 0 Å². The number of aromatic nitrogens is 1. The van der Waals surface area contributed by atoms with Gasteiger partial charge in [-0.25, -0.2) is 4.79 Å². The SMILES string of the molecule is CCCn1cccc1CNC(C)(C)CNC(=O)OC(C)(C)C. The molecule has 0 radical (unpaired) electrons. The lowest BCUT2D eigenvalue weighted by Gasteiger charge is -2.28. The molecule has 2 N–H and O–H groups in total. The maximum absolute atomic E-state index is 11.7. The first-order valence-corrected chi connectivity index (χ1v) is 7.99. The van der Waals surface area contributed by atoms with Gasteiger partial charge < -0.3 is 19.9 Å². The Morgan fingerprint density at radius 3 is 2.55 bits per heavy atom. The van der Waals surface area contributed by atoms with Gasteiger partial charge in [0.15, 0.2) is 0 Å². The standard InChI is InChI=1S/C17H31N3O2/c1-7-10-20-11-8-9-14(20)12-19-17(5,6)13-18-15(21)22-16(2,3)4/h8-9,11,19H,7,10,12-13H2,1-6H3,(H,18,21). The number of hydrogen-bond acceptors (Lipinski definition) is 3. The minimum absolute atomic E-state index is 0.210. The number of alkyl carbamates (subject to hydrolysis) is 1. The van der Waals surface area contributed by atoms with Crippen molar-refractivity contribution in [2.75, 3.05) is 6.54 Å². The minimum Gasteiger partial charge on any atom is -0.444 e. The van der Waals surface area contributed by atoms with Crippen molar-refractivity contribution in [1.82, 2.24) is 15.2 Å². The van der Waals surface area contributed by atoms with Crippen molar-refractivity contribution in [2.24, 2.45) is 0 Å². The molecule has 0 unspecified atom stereocenters. The van der Waals surface area contributed by atoms with Gasteiger partial charge in [-0.1, -0.05) is 6.92 Å². The third kappa shape index (κ3) is 6.98. The van der Waals surface area contributed by atoms with Crippen LogP contribution in [0, 0.1) is 0 Å². The largest absolute Gasteiger partial charge is 0.444 e. The lowest BCUT2D eigenvalue weighted by Crippen LogP contribution is -2.49. The molecule has 5 nitrogen and oxygen atoms in total. The Morgan fingerprint density at radius 1 is 1.27 bits per heavy atom. The van der Waals surface area contributed by atoms with Crippen molar-refractivity contribution < 1.29 is 9.53 Å². The third-order valence-corrected chi connectivity index (χ3v) is 3.21. The molecule has 0 saturated carbocycles. The van der Waals surface area contributed by atoms with E-state index >= 15 is 0 Å². The molecule has 0 saturated heterocycles. The van der Waals surface area contributed by atoms with Gasteiger partial charge in [0.2, 0.25) is 0 Å². The van der Waals surface area contributed by atoms with Gasteiger partial charge in [-0.05, 0) is 53.2 Å². The van der Waals surface area contributed by atoms with E-state index < -0.39 is 5.60 Å². The number of nitrogens with one attached hydrogen (secondary N) is 2. The summed E-state index contributed by atoms with van der Waals surface area (Å²) in [7, 11) is 0. The second kappa shape index (κ2) is 7.68. The summed E-state index contributed by atoms with van der Waals surface area (Å²) < 4.78 is 7.51. The molecule has 0 atom stereocenters. The maximum Gasteiger partial charge on any atom is 0.407 e. The molecule has 0 spiro atoms. The Hall–Kier alpha value is -1.49. The van der Waals surface area contributed by atoms with Crippen LogP contribution in [-0.4, -0.2) is 28.3 Å². The number of rotatable bonds is 7. The van der Waals surface area contributed by atoms with Crippen LogP contribution in [0.15, 0.2) is 18.3 Å². The van der Waals surface area contributed by atoms with Gasteiger partial charge in [-0.15, -0.1) is 0 Å². The zero-order chi connectivity index (χ0) is 16.8. The molecule has 5 heteroatoms. The highest BCUT2D eigenvalue weighted by Gasteiger charge is 2.21. The predicted molar refractivity (Wildman–Crippen MR) is 89.9 cm³/mol. The number of nitrogens with zero attached hydrogens (tertiary/aromatic N) is 1. The van der Waals surface area contributed by atoms with Crippen LogP contribution < -0.4 is 10.6 Å². The molecule has 1 aromatic heterocycles. The number of aryl methyl sites for hydroxylation is 1. The number of amides is 1. The highest BCUT2D eigenvalue weighted by Crippen LogP contribution is 2.09. The van der Waals surface area contributed by atoms with Crippen molar-refractivity contribution in [3.8, 4) is 0 Å². The van der Waals surface area contributed by atoms with Gasteiger partial charge in [-0.2, -0.15) is 0 Å². The van der Waals surface area contributed by atoms with Crippen LogP contribution in [0.5, 0.6) is 0 Å². The van der Waals surface area contributed by atoms with E-state index in [0.29, 0.717) is 6.54 Å². The van der Waals surface area contributed by atoms with Crippen LogP contribution >= 0.6 is 0 Å². The van der Waals surface area contributed by atoms with Gasteiger partial charge in [-0.3, -0.25) is 0 Å². The summed E-state index contributed by atoms with van der Waals surface area (Å²) in [5.41, 5.74) is 0.577. The summed E-state index contributed by atoms with van der Waals surface area (Å²) >= 11 is 0. The molecule has 0 bridgehead atoms. The van der Waals surface area contributed by atoms with Crippen molar-refractivity contribution in [1.29, 1.82) is 0 Å². The monoisotopic (exact) mass is 309 g/mol. The van der Waals surface area contributed by atoms with E-state index in [1.807, 2.05) is 20.8 Å². The van der Waals surface area contributed by atoms with Crippen LogP contribution in [0.25, 0.3) is 0 Å². The fraction of sp³-hybridized carbons (Fsp3) is 0.706. The smallest absolute Gasteiger partial charge is 0.407 e. The minimum atomic E-state index is -0.470. The molecule has 0 aromatic carbocycles. The van der Waals surface area contributed by atoms with E-state index in [2.05, 4.69) is 54.3 Å². The molecule has 126 valence electrons. The lowest BCUT2D eigenvalue weighted by atomic mass is 10.1. The van der Waals surface area contributed by atoms with E-state index in [4.69, 9.17) is 4.74 Å². The van der Waals surface area contributed by atoms with Gasteiger partial charge in [0, 0.05) is 37.1 Å². The van der Waals surface area contributed by atoms with E-state index in [1.165, 1.54) is 5.69 Å². The van der Waals surface area contributed by atoms with Crippen molar-refractivity contribution in [3.05, 3.63) is 24.0 Å². The average molecular weight is 309 g/mol. The van der Waals surface area contributed by atoms with Crippen LogP contribution in [-0.2, 0) is 17.8 Å². The Bertz CT molecular complexity index is 472. The summed E-state index contributed by atoms with van der Waals surface area (Å²) in [6.45, 7) is 14.2. The summed E-state index contributed by atoms with van der Waals surface area (Å²) in [5.74, 6) is 0. The Kier molecular flexibility index (Phi) is 6.48. The van der Waals surface area contributed by atoms with Crippen LogP contribution in [0.4, 0.5) is 4.79 Å². The predicted octanol–water partition coefficient (Wildman–Crippen LogP) is 3.29. The topological polar surface area (TPSA) is 55.3 Å². The number of carbonyl (C=O) groups is 1. The highest BCUT2D eigenvalue weighted by molar-refractivity contribution is 5.67. The van der Waals surface area contributed by atoms with E-state index in [-0.39, 0.29) is 11.6 Å². The summed E-state index contributed by atoms with van der Waals surface area (Å²) in [5, 5.41) is 6.31. The van der Waals surface area contributed by atoms with Gasteiger partial charge in [0.05, 0.1) is 0 Å². The van der Waals surface area contributed by atoms with Crippen LogP contribution in [0.3, 0.4) is 0 Å². The summed E-state index contributed by atoms with van der Waals surface area (Å²) in [6, 6.07) is 4.19. The van der Waals surface area contributed by atoms with Crippen LogP contribution in [0.1, 0.15) is 53.7 Å². The Labute approximate surface area is 134 Å². The zero-order valence-electron chi connectivity index (χ0n) is 14.8. The van der Waals surface area contributed by atoms with Crippen LogP contribution in [0.2, 0.25) is 0 Å². The number of carbonyl (C=O) groups excluding carboxylic acids is 1. The number of hydrogen-bond donors (Lipinski definition) is 2.